The lowest BCUT2D eigenvalue weighted by Crippen LogP contribution is -2.42. The van der Waals surface area contributed by atoms with Gasteiger partial charge in [-0.15, -0.1) is 0 Å². The number of benzene rings is 2. The number of hydrogen-bond donors (Lipinski definition) is 1. The zero-order valence-electron chi connectivity index (χ0n) is 14.7. The van der Waals surface area contributed by atoms with E-state index in [1.165, 1.54) is 0 Å². The molecular formula is C21H26N2O2. The molecule has 1 aliphatic heterocycles. The zero-order chi connectivity index (χ0) is 17.6. The van der Waals surface area contributed by atoms with Gasteiger partial charge in [-0.1, -0.05) is 30.3 Å². The van der Waals surface area contributed by atoms with E-state index in [2.05, 4.69) is 6.92 Å². The van der Waals surface area contributed by atoms with Crippen LogP contribution in [0.2, 0.25) is 0 Å². The van der Waals surface area contributed by atoms with Crippen LogP contribution < -0.4 is 10.5 Å². The number of ether oxygens (including phenoxy) is 1. The van der Waals surface area contributed by atoms with E-state index >= 15 is 0 Å². The molecule has 0 spiro atoms. The number of likely N-dealkylation sites (tertiary alicyclic amines) is 1. The van der Waals surface area contributed by atoms with E-state index in [9.17, 15) is 4.79 Å². The van der Waals surface area contributed by atoms with Crippen molar-refractivity contribution in [2.45, 2.75) is 32.4 Å². The van der Waals surface area contributed by atoms with Crippen LogP contribution in [0.5, 0.6) is 5.75 Å². The Balaban J connectivity index is 1.54. The van der Waals surface area contributed by atoms with Crippen LogP contribution in [-0.2, 0) is 6.61 Å². The summed E-state index contributed by atoms with van der Waals surface area (Å²) in [6.07, 6.45) is 1.98. The summed E-state index contributed by atoms with van der Waals surface area (Å²) in [5, 5.41) is 0. The number of para-hydroxylation sites is 1. The number of hydrogen-bond acceptors (Lipinski definition) is 3. The summed E-state index contributed by atoms with van der Waals surface area (Å²) in [6.45, 7) is 4.14. The first-order chi connectivity index (χ1) is 12.1. The van der Waals surface area contributed by atoms with Gasteiger partial charge in [0.05, 0.1) is 0 Å². The Morgan fingerprint density at radius 3 is 2.36 bits per heavy atom. The first-order valence-electron chi connectivity index (χ1n) is 8.95. The second-order valence-electron chi connectivity index (χ2n) is 6.79. The summed E-state index contributed by atoms with van der Waals surface area (Å²) in [5.74, 6) is 1.49. The normalized spacial score (nSPS) is 16.5. The molecule has 1 aliphatic rings. The molecule has 25 heavy (non-hydrogen) atoms. The lowest BCUT2D eigenvalue weighted by atomic mass is 9.90. The highest BCUT2D eigenvalue weighted by molar-refractivity contribution is 5.94. The second-order valence-corrected chi connectivity index (χ2v) is 6.79. The fourth-order valence-corrected chi connectivity index (χ4v) is 3.24. The second kappa shape index (κ2) is 8.17. The summed E-state index contributed by atoms with van der Waals surface area (Å²) in [6, 6.07) is 17.7. The molecule has 2 aromatic carbocycles. The number of nitrogens with two attached hydrogens (primary N) is 1. The Morgan fingerprint density at radius 1 is 1.12 bits per heavy atom. The quantitative estimate of drug-likeness (QED) is 0.908. The number of carbonyl (C=O) groups excluding carboxylic acids is 1. The van der Waals surface area contributed by atoms with Crippen molar-refractivity contribution in [1.29, 1.82) is 0 Å². The summed E-state index contributed by atoms with van der Waals surface area (Å²) < 4.78 is 5.74. The van der Waals surface area contributed by atoms with E-state index in [0.29, 0.717) is 12.5 Å². The number of amides is 1. The van der Waals surface area contributed by atoms with Crippen LogP contribution in [0.3, 0.4) is 0 Å². The van der Waals surface area contributed by atoms with Gasteiger partial charge in [0.15, 0.2) is 0 Å². The van der Waals surface area contributed by atoms with Crippen molar-refractivity contribution < 1.29 is 9.53 Å². The summed E-state index contributed by atoms with van der Waals surface area (Å²) in [4.78, 5) is 14.6. The minimum atomic E-state index is 0.110. The van der Waals surface area contributed by atoms with Gasteiger partial charge < -0.3 is 15.4 Å². The average molecular weight is 338 g/mol. The van der Waals surface area contributed by atoms with E-state index in [-0.39, 0.29) is 11.9 Å². The Bertz CT molecular complexity index is 675. The molecule has 2 N–H and O–H groups in total. The first kappa shape index (κ1) is 17.5. The smallest absolute Gasteiger partial charge is 0.253 e. The molecule has 4 heteroatoms. The summed E-state index contributed by atoms with van der Waals surface area (Å²) >= 11 is 0. The number of rotatable bonds is 5. The SMILES string of the molecule is CC(N)C1CCN(C(=O)c2ccc(COc3ccccc3)cc2)CC1. The molecule has 132 valence electrons. The minimum absolute atomic E-state index is 0.110. The topological polar surface area (TPSA) is 55.6 Å². The fraction of sp³-hybridized carbons (Fsp3) is 0.381. The van der Waals surface area contributed by atoms with Crippen LogP contribution >= 0.6 is 0 Å². The Labute approximate surface area is 149 Å². The molecule has 0 aromatic heterocycles. The van der Waals surface area contributed by atoms with Crippen molar-refractivity contribution in [3.63, 3.8) is 0 Å². The summed E-state index contributed by atoms with van der Waals surface area (Å²) in [5.41, 5.74) is 7.76. The number of nitrogens with zero attached hydrogens (tertiary/aromatic N) is 1. The van der Waals surface area contributed by atoms with E-state index in [4.69, 9.17) is 10.5 Å². The standard InChI is InChI=1S/C21H26N2O2/c1-16(22)18-11-13-23(14-12-18)21(24)19-9-7-17(8-10-19)15-25-20-5-3-2-4-6-20/h2-10,16,18H,11-15,22H2,1H3. The zero-order valence-corrected chi connectivity index (χ0v) is 14.7. The molecule has 0 aliphatic carbocycles. The molecule has 1 unspecified atom stereocenters. The van der Waals surface area contributed by atoms with E-state index < -0.39 is 0 Å². The van der Waals surface area contributed by atoms with Crippen molar-refractivity contribution in [2.75, 3.05) is 13.1 Å². The Hall–Kier alpha value is -2.33. The molecule has 1 amide bonds. The van der Waals surface area contributed by atoms with Crippen molar-refractivity contribution >= 4 is 5.91 Å². The van der Waals surface area contributed by atoms with E-state index in [1.807, 2.05) is 59.5 Å². The maximum atomic E-state index is 12.6. The third kappa shape index (κ3) is 4.60. The number of piperidine rings is 1. The van der Waals surface area contributed by atoms with Crippen molar-refractivity contribution in [1.82, 2.24) is 4.90 Å². The van der Waals surface area contributed by atoms with Crippen LogP contribution in [0.25, 0.3) is 0 Å². The highest BCUT2D eigenvalue weighted by Gasteiger charge is 2.25. The van der Waals surface area contributed by atoms with Crippen LogP contribution in [0.15, 0.2) is 54.6 Å². The third-order valence-corrected chi connectivity index (χ3v) is 4.92. The van der Waals surface area contributed by atoms with Gasteiger partial charge in [-0.05, 0) is 55.5 Å². The van der Waals surface area contributed by atoms with Gasteiger partial charge in [0.2, 0.25) is 0 Å². The highest BCUT2D eigenvalue weighted by atomic mass is 16.5. The maximum Gasteiger partial charge on any atom is 0.253 e. The third-order valence-electron chi connectivity index (χ3n) is 4.92. The monoisotopic (exact) mass is 338 g/mol. The predicted octanol–water partition coefficient (Wildman–Crippen LogP) is 3.47. The van der Waals surface area contributed by atoms with Gasteiger partial charge in [0.1, 0.15) is 12.4 Å². The van der Waals surface area contributed by atoms with Crippen LogP contribution in [0.4, 0.5) is 0 Å². The molecule has 2 aromatic rings. The van der Waals surface area contributed by atoms with Gasteiger partial charge in [-0.25, -0.2) is 0 Å². The first-order valence-corrected chi connectivity index (χ1v) is 8.95. The van der Waals surface area contributed by atoms with Gasteiger partial charge in [0, 0.05) is 24.7 Å². The van der Waals surface area contributed by atoms with Crippen LogP contribution in [-0.4, -0.2) is 29.9 Å². The van der Waals surface area contributed by atoms with Gasteiger partial charge in [-0.3, -0.25) is 4.79 Å². The molecule has 0 radical (unpaired) electrons. The van der Waals surface area contributed by atoms with Crippen molar-refractivity contribution in [2.24, 2.45) is 11.7 Å². The highest BCUT2D eigenvalue weighted by Crippen LogP contribution is 2.21. The molecule has 1 saturated heterocycles. The molecule has 1 atom stereocenters. The molecular weight excluding hydrogens is 312 g/mol. The van der Waals surface area contributed by atoms with Crippen LogP contribution in [0, 0.1) is 5.92 Å². The lowest BCUT2D eigenvalue weighted by Gasteiger charge is -2.33. The molecule has 0 bridgehead atoms. The lowest BCUT2D eigenvalue weighted by molar-refractivity contribution is 0.0681. The van der Waals surface area contributed by atoms with Gasteiger partial charge in [-0.2, -0.15) is 0 Å². The Morgan fingerprint density at radius 2 is 1.76 bits per heavy atom. The van der Waals surface area contributed by atoms with E-state index in [0.717, 1.165) is 42.8 Å². The molecule has 1 fully saturated rings. The molecule has 3 rings (SSSR count). The maximum absolute atomic E-state index is 12.6. The van der Waals surface area contributed by atoms with E-state index in [1.54, 1.807) is 0 Å². The number of carbonyl (C=O) groups is 1. The largest absolute Gasteiger partial charge is 0.489 e. The fourth-order valence-electron chi connectivity index (χ4n) is 3.24. The predicted molar refractivity (Wildman–Crippen MR) is 99.5 cm³/mol. The van der Waals surface area contributed by atoms with Crippen molar-refractivity contribution in [3.05, 3.63) is 65.7 Å². The van der Waals surface area contributed by atoms with Gasteiger partial charge >= 0.3 is 0 Å². The Kier molecular flexibility index (Phi) is 5.71. The van der Waals surface area contributed by atoms with Crippen LogP contribution in [0.1, 0.15) is 35.7 Å². The average Bonchev–Trinajstić information content (AvgIpc) is 2.67. The van der Waals surface area contributed by atoms with Crippen molar-refractivity contribution in [3.8, 4) is 5.75 Å². The summed E-state index contributed by atoms with van der Waals surface area (Å²) in [7, 11) is 0. The minimum Gasteiger partial charge on any atom is -0.489 e. The van der Waals surface area contributed by atoms with Gasteiger partial charge in [0.25, 0.3) is 5.91 Å². The molecule has 4 nitrogen and oxygen atoms in total. The molecule has 1 heterocycles. The molecule has 0 saturated carbocycles.